The molecule has 1 aliphatic carbocycles. The van der Waals surface area contributed by atoms with Gasteiger partial charge in [0.2, 0.25) is 5.36 Å². The summed E-state index contributed by atoms with van der Waals surface area (Å²) in [5, 5.41) is 7.42. The van der Waals surface area contributed by atoms with Crippen molar-refractivity contribution >= 4 is 54.5 Å². The summed E-state index contributed by atoms with van der Waals surface area (Å²) < 4.78 is 12.4. The van der Waals surface area contributed by atoms with Gasteiger partial charge in [0.25, 0.3) is 0 Å². The molecule has 0 aromatic heterocycles. The SMILES string of the molecule is C.COC(=O)c1ccccc1-c1c2ccc(=[NH2+])c(Br)c-2oc2c(Br)c(N)ccc12. The van der Waals surface area contributed by atoms with E-state index in [4.69, 9.17) is 20.3 Å². The minimum atomic E-state index is -0.415. The zero-order chi connectivity index (χ0) is 20.0. The fourth-order valence-electron chi connectivity index (χ4n) is 3.26. The van der Waals surface area contributed by atoms with E-state index in [1.165, 1.54) is 7.11 Å². The van der Waals surface area contributed by atoms with Crippen molar-refractivity contribution < 1.29 is 19.4 Å². The largest absolute Gasteiger partial charge is 0.465 e. The number of nitrogen functional groups attached to an aromatic ring is 1. The third kappa shape index (κ3) is 3.34. The highest BCUT2D eigenvalue weighted by molar-refractivity contribution is 9.11. The van der Waals surface area contributed by atoms with Crippen LogP contribution in [0.25, 0.3) is 33.4 Å². The predicted octanol–water partition coefficient (Wildman–Crippen LogP) is 4.39. The van der Waals surface area contributed by atoms with Crippen LogP contribution < -0.4 is 16.5 Å². The molecule has 0 unspecified atom stereocenters. The molecule has 2 aromatic rings. The molecule has 2 aliphatic rings. The van der Waals surface area contributed by atoms with E-state index in [-0.39, 0.29) is 7.43 Å². The average Bonchev–Trinajstić information content (AvgIpc) is 2.72. The Kier molecular flexibility index (Phi) is 5.82. The highest BCUT2D eigenvalue weighted by Crippen LogP contribution is 2.45. The second-order valence-electron chi connectivity index (χ2n) is 6.21. The van der Waals surface area contributed by atoms with Crippen LogP contribution in [0.3, 0.4) is 0 Å². The summed E-state index contributed by atoms with van der Waals surface area (Å²) >= 11 is 7.04. The van der Waals surface area contributed by atoms with Crippen LogP contribution in [0.15, 0.2) is 61.9 Å². The van der Waals surface area contributed by atoms with E-state index >= 15 is 0 Å². The molecule has 0 spiro atoms. The number of methoxy groups -OCH3 is 1. The molecule has 148 valence electrons. The summed E-state index contributed by atoms with van der Waals surface area (Å²) in [5.41, 5.74) is 10.0. The first kappa shape index (κ1) is 21.1. The van der Waals surface area contributed by atoms with Gasteiger partial charge in [0.1, 0.15) is 4.47 Å². The molecule has 0 saturated heterocycles. The molecule has 0 fully saturated rings. The van der Waals surface area contributed by atoms with E-state index in [0.717, 1.165) is 22.1 Å². The maximum atomic E-state index is 12.4. The van der Waals surface area contributed by atoms with Crippen molar-refractivity contribution in [3.63, 3.8) is 0 Å². The van der Waals surface area contributed by atoms with Crippen LogP contribution in [-0.4, -0.2) is 13.1 Å². The lowest BCUT2D eigenvalue weighted by atomic mass is 9.90. The van der Waals surface area contributed by atoms with Crippen molar-refractivity contribution in [3.8, 4) is 22.5 Å². The van der Waals surface area contributed by atoms with E-state index in [0.29, 0.717) is 36.9 Å². The van der Waals surface area contributed by atoms with Crippen LogP contribution in [0.5, 0.6) is 0 Å². The fraction of sp³-hybridized carbons (Fsp3) is 0.0909. The molecule has 5 nitrogen and oxygen atoms in total. The van der Waals surface area contributed by atoms with Crippen LogP contribution >= 0.6 is 31.9 Å². The van der Waals surface area contributed by atoms with E-state index in [9.17, 15) is 4.79 Å². The number of esters is 1. The van der Waals surface area contributed by atoms with Gasteiger partial charge in [-0.15, -0.1) is 0 Å². The maximum absolute atomic E-state index is 12.4. The lowest BCUT2D eigenvalue weighted by Crippen LogP contribution is -2.45. The topological polar surface area (TPSA) is 91.0 Å². The Labute approximate surface area is 184 Å². The van der Waals surface area contributed by atoms with E-state index < -0.39 is 5.97 Å². The van der Waals surface area contributed by atoms with Crippen LogP contribution in [0, 0.1) is 0 Å². The summed E-state index contributed by atoms with van der Waals surface area (Å²) in [5.74, 6) is 0.148. The normalized spacial score (nSPS) is 10.7. The average molecular weight is 519 g/mol. The number of carbonyl (C=O) groups excluding carboxylic acids is 1. The molecule has 4 rings (SSSR count). The fourth-order valence-corrected chi connectivity index (χ4v) is 4.12. The first-order valence-corrected chi connectivity index (χ1v) is 9.91. The predicted molar refractivity (Wildman–Crippen MR) is 121 cm³/mol. The molecule has 0 radical (unpaired) electrons. The zero-order valence-electron chi connectivity index (χ0n) is 14.8. The smallest absolute Gasteiger partial charge is 0.338 e. The number of halogens is 2. The summed E-state index contributed by atoms with van der Waals surface area (Å²) in [7, 11) is 1.37. The van der Waals surface area contributed by atoms with Crippen LogP contribution in [0.2, 0.25) is 0 Å². The summed E-state index contributed by atoms with van der Waals surface area (Å²) in [6.45, 7) is 0. The van der Waals surface area contributed by atoms with Crippen molar-refractivity contribution in [3.05, 3.63) is 68.4 Å². The molecule has 0 atom stereocenters. The number of nitrogens with two attached hydrogens (primary N) is 2. The molecule has 0 saturated carbocycles. The van der Waals surface area contributed by atoms with Gasteiger partial charge in [0, 0.05) is 28.3 Å². The van der Waals surface area contributed by atoms with Crippen molar-refractivity contribution in [2.45, 2.75) is 7.43 Å². The molecule has 0 bridgehead atoms. The highest BCUT2D eigenvalue weighted by atomic mass is 79.9. The van der Waals surface area contributed by atoms with Gasteiger partial charge in [-0.25, -0.2) is 4.79 Å². The highest BCUT2D eigenvalue weighted by Gasteiger charge is 2.25. The van der Waals surface area contributed by atoms with Gasteiger partial charge in [0.05, 0.1) is 17.1 Å². The minimum Gasteiger partial charge on any atom is -0.465 e. The molecule has 1 aliphatic heterocycles. The van der Waals surface area contributed by atoms with Gasteiger partial charge in [0.15, 0.2) is 11.3 Å². The molecule has 2 aromatic carbocycles. The molecule has 4 N–H and O–H groups in total. The number of benzene rings is 3. The van der Waals surface area contributed by atoms with E-state index in [1.807, 2.05) is 24.3 Å². The Balaban J connectivity index is 0.00000240. The van der Waals surface area contributed by atoms with E-state index in [2.05, 4.69) is 31.9 Å². The summed E-state index contributed by atoms with van der Waals surface area (Å²) in [6.07, 6.45) is 0. The summed E-state index contributed by atoms with van der Waals surface area (Å²) in [6, 6.07) is 14.7. The molecule has 0 amide bonds. The molecule has 1 heterocycles. The monoisotopic (exact) mass is 517 g/mol. The quantitative estimate of drug-likeness (QED) is 0.234. The first-order chi connectivity index (χ1) is 13.4. The second-order valence-corrected chi connectivity index (χ2v) is 7.79. The van der Waals surface area contributed by atoms with Crippen LogP contribution in [0.4, 0.5) is 5.69 Å². The van der Waals surface area contributed by atoms with Crippen molar-refractivity contribution in [1.29, 1.82) is 0 Å². The molecule has 29 heavy (non-hydrogen) atoms. The number of ether oxygens (including phenoxy) is 1. The molecular formula is C22H19Br2N2O3+. The summed E-state index contributed by atoms with van der Waals surface area (Å²) in [4.78, 5) is 12.4. The number of hydrogen-bond acceptors (Lipinski definition) is 4. The van der Waals surface area contributed by atoms with Gasteiger partial charge < -0.3 is 14.9 Å². The van der Waals surface area contributed by atoms with Gasteiger partial charge in [-0.1, -0.05) is 25.6 Å². The van der Waals surface area contributed by atoms with Crippen molar-refractivity contribution in [1.82, 2.24) is 0 Å². The maximum Gasteiger partial charge on any atom is 0.338 e. The first-order valence-electron chi connectivity index (χ1n) is 8.33. The zero-order valence-corrected chi connectivity index (χ0v) is 17.9. The Morgan fingerprint density at radius 2 is 1.76 bits per heavy atom. The Bertz CT molecular complexity index is 1280. The lowest BCUT2D eigenvalue weighted by Gasteiger charge is -2.18. The Hall–Kier alpha value is -2.64. The third-order valence-electron chi connectivity index (χ3n) is 4.60. The van der Waals surface area contributed by atoms with Gasteiger partial charge in [-0.05, 0) is 61.7 Å². The number of fused-ring (bicyclic) bond motifs is 2. The van der Waals surface area contributed by atoms with Gasteiger partial charge in [-0.2, -0.15) is 0 Å². The number of rotatable bonds is 2. The Morgan fingerprint density at radius 3 is 2.48 bits per heavy atom. The van der Waals surface area contributed by atoms with Crippen LogP contribution in [-0.2, 0) is 4.74 Å². The Morgan fingerprint density at radius 1 is 1.03 bits per heavy atom. The van der Waals surface area contributed by atoms with Crippen molar-refractivity contribution in [2.75, 3.05) is 12.8 Å². The van der Waals surface area contributed by atoms with Crippen molar-refractivity contribution in [2.24, 2.45) is 0 Å². The third-order valence-corrected chi connectivity index (χ3v) is 6.23. The second kappa shape index (κ2) is 8.00. The molecular weight excluding hydrogens is 500 g/mol. The van der Waals surface area contributed by atoms with Gasteiger partial charge >= 0.3 is 5.97 Å². The molecule has 7 heteroatoms. The van der Waals surface area contributed by atoms with E-state index in [1.54, 1.807) is 24.3 Å². The van der Waals surface area contributed by atoms with Crippen LogP contribution in [0.1, 0.15) is 17.8 Å². The van der Waals surface area contributed by atoms with Gasteiger partial charge in [-0.3, -0.25) is 5.41 Å². The lowest BCUT2D eigenvalue weighted by molar-refractivity contribution is -0.173. The number of hydrogen-bond donors (Lipinski definition) is 2. The number of anilines is 1. The standard InChI is InChI=1S/C21H14Br2N2O3.CH4/c1-27-21(26)11-5-3-2-4-10(11)16-12-6-8-14(24)17(22)19(12)28-20-13(16)7-9-15(25)18(20)23;/h2-9,24H,25H2,1H3;1H4/p+1. The number of carbonyl (C=O) groups is 1. The minimum absolute atomic E-state index is 0.